The summed E-state index contributed by atoms with van der Waals surface area (Å²) in [6.07, 6.45) is 2.60. The van der Waals surface area contributed by atoms with Gasteiger partial charge in [-0.25, -0.2) is 0 Å². The normalized spacial score (nSPS) is 10.7. The zero-order chi connectivity index (χ0) is 13.8. The van der Waals surface area contributed by atoms with Gasteiger partial charge in [-0.1, -0.05) is 24.3 Å². The third kappa shape index (κ3) is 2.74. The van der Waals surface area contributed by atoms with Gasteiger partial charge in [-0.2, -0.15) is 0 Å². The van der Waals surface area contributed by atoms with Crippen LogP contribution in [0.2, 0.25) is 0 Å². The molecular formula is C15H12O4. The van der Waals surface area contributed by atoms with Gasteiger partial charge < -0.3 is 15.3 Å². The maximum Gasteiger partial charge on any atom is 0.193 e. The second-order valence-electron chi connectivity index (χ2n) is 3.93. The maximum absolute atomic E-state index is 11.9. The summed E-state index contributed by atoms with van der Waals surface area (Å²) in [5.41, 5.74) is 0.319. The second-order valence-corrected chi connectivity index (χ2v) is 3.93. The van der Waals surface area contributed by atoms with Crippen molar-refractivity contribution in [1.29, 1.82) is 0 Å². The number of allylic oxidation sites excluding steroid dienone is 1. The summed E-state index contributed by atoms with van der Waals surface area (Å²) in [7, 11) is 0. The van der Waals surface area contributed by atoms with E-state index in [2.05, 4.69) is 0 Å². The SMILES string of the molecule is O=C(/C=C/c1ccccc1O)c1c(O)cccc1O. The van der Waals surface area contributed by atoms with Crippen LogP contribution < -0.4 is 0 Å². The number of ketones is 1. The lowest BCUT2D eigenvalue weighted by molar-refractivity contribution is 0.104. The molecule has 0 spiro atoms. The topological polar surface area (TPSA) is 77.8 Å². The molecule has 4 nitrogen and oxygen atoms in total. The minimum absolute atomic E-state index is 0.0491. The van der Waals surface area contributed by atoms with Gasteiger partial charge >= 0.3 is 0 Å². The maximum atomic E-state index is 11.9. The number of para-hydroxylation sites is 1. The average Bonchev–Trinajstić information content (AvgIpc) is 2.37. The van der Waals surface area contributed by atoms with Crippen molar-refractivity contribution >= 4 is 11.9 Å². The molecular weight excluding hydrogens is 244 g/mol. The minimum atomic E-state index is -0.543. The Kier molecular flexibility index (Phi) is 3.52. The van der Waals surface area contributed by atoms with E-state index in [0.717, 1.165) is 0 Å². The molecule has 4 heteroatoms. The Bertz CT molecular complexity index is 624. The Hall–Kier alpha value is -2.75. The van der Waals surface area contributed by atoms with Crippen LogP contribution in [-0.2, 0) is 0 Å². The largest absolute Gasteiger partial charge is 0.507 e. The molecule has 0 aromatic heterocycles. The Morgan fingerprint density at radius 1 is 0.842 bits per heavy atom. The molecule has 0 heterocycles. The lowest BCUT2D eigenvalue weighted by Crippen LogP contribution is -1.95. The molecule has 0 radical (unpaired) electrons. The summed E-state index contributed by atoms with van der Waals surface area (Å²) < 4.78 is 0. The highest BCUT2D eigenvalue weighted by molar-refractivity contribution is 6.10. The van der Waals surface area contributed by atoms with Gasteiger partial charge in [0.2, 0.25) is 0 Å². The molecule has 0 bridgehead atoms. The average molecular weight is 256 g/mol. The first-order chi connectivity index (χ1) is 9.09. The third-order valence-corrected chi connectivity index (χ3v) is 2.62. The molecule has 0 aliphatic carbocycles. The van der Waals surface area contributed by atoms with Crippen molar-refractivity contribution < 1.29 is 20.1 Å². The molecule has 2 rings (SSSR count). The molecule has 0 aliphatic heterocycles. The quantitative estimate of drug-likeness (QED) is 0.583. The zero-order valence-electron chi connectivity index (χ0n) is 9.95. The number of hydrogen-bond acceptors (Lipinski definition) is 4. The van der Waals surface area contributed by atoms with Crippen molar-refractivity contribution in [1.82, 2.24) is 0 Å². The van der Waals surface area contributed by atoms with E-state index >= 15 is 0 Å². The number of phenolic OH excluding ortho intramolecular Hbond substituents is 3. The van der Waals surface area contributed by atoms with Crippen molar-refractivity contribution in [3.63, 3.8) is 0 Å². The number of hydrogen-bond donors (Lipinski definition) is 3. The molecule has 3 N–H and O–H groups in total. The van der Waals surface area contributed by atoms with E-state index in [1.165, 1.54) is 36.4 Å². The highest BCUT2D eigenvalue weighted by Crippen LogP contribution is 2.27. The number of rotatable bonds is 3. The molecule has 0 aliphatic rings. The third-order valence-electron chi connectivity index (χ3n) is 2.62. The lowest BCUT2D eigenvalue weighted by atomic mass is 10.1. The van der Waals surface area contributed by atoms with Crippen molar-refractivity contribution in [2.45, 2.75) is 0 Å². The van der Waals surface area contributed by atoms with Crippen LogP contribution in [0.5, 0.6) is 17.2 Å². The number of benzene rings is 2. The van der Waals surface area contributed by atoms with Crippen LogP contribution in [0.15, 0.2) is 48.5 Å². The van der Waals surface area contributed by atoms with Crippen LogP contribution in [-0.4, -0.2) is 21.1 Å². The zero-order valence-corrected chi connectivity index (χ0v) is 9.95. The van der Waals surface area contributed by atoms with Crippen LogP contribution in [0.1, 0.15) is 15.9 Å². The molecule has 0 atom stereocenters. The summed E-state index contributed by atoms with van der Waals surface area (Å²) >= 11 is 0. The van der Waals surface area contributed by atoms with Crippen LogP contribution in [0.25, 0.3) is 6.08 Å². The number of carbonyl (C=O) groups excluding carboxylic acids is 1. The molecule has 2 aromatic rings. The summed E-state index contributed by atoms with van der Waals surface area (Å²) in [4.78, 5) is 11.9. The monoisotopic (exact) mass is 256 g/mol. The molecule has 19 heavy (non-hydrogen) atoms. The summed E-state index contributed by atoms with van der Waals surface area (Å²) in [6, 6.07) is 10.6. The van der Waals surface area contributed by atoms with Gasteiger partial charge in [-0.15, -0.1) is 0 Å². The van der Waals surface area contributed by atoms with Gasteiger partial charge in [0.05, 0.1) is 0 Å². The van der Waals surface area contributed by atoms with Gasteiger partial charge in [-0.3, -0.25) is 4.79 Å². The van der Waals surface area contributed by atoms with E-state index in [9.17, 15) is 20.1 Å². The van der Waals surface area contributed by atoms with Crippen LogP contribution in [0, 0.1) is 0 Å². The van der Waals surface area contributed by atoms with E-state index in [0.29, 0.717) is 5.56 Å². The van der Waals surface area contributed by atoms with E-state index in [1.54, 1.807) is 18.2 Å². The first-order valence-corrected chi connectivity index (χ1v) is 5.61. The molecule has 0 saturated heterocycles. The van der Waals surface area contributed by atoms with E-state index in [1.807, 2.05) is 0 Å². The van der Waals surface area contributed by atoms with Crippen LogP contribution >= 0.6 is 0 Å². The Balaban J connectivity index is 2.30. The minimum Gasteiger partial charge on any atom is -0.507 e. The fraction of sp³-hybridized carbons (Fsp3) is 0. The molecule has 0 amide bonds. The van der Waals surface area contributed by atoms with Crippen LogP contribution in [0.4, 0.5) is 0 Å². The molecule has 0 saturated carbocycles. The van der Waals surface area contributed by atoms with Crippen molar-refractivity contribution in [3.8, 4) is 17.2 Å². The fourth-order valence-electron chi connectivity index (χ4n) is 1.66. The van der Waals surface area contributed by atoms with Gasteiger partial charge in [0, 0.05) is 5.56 Å². The van der Waals surface area contributed by atoms with Gasteiger partial charge in [0.15, 0.2) is 5.78 Å². The standard InChI is InChI=1S/C15H12O4/c16-11-5-2-1-4-10(11)8-9-14(19)15-12(17)6-3-7-13(15)18/h1-9,16-18H/b9-8+. The number of aromatic hydroxyl groups is 3. The molecule has 96 valence electrons. The lowest BCUT2D eigenvalue weighted by Gasteiger charge is -2.03. The van der Waals surface area contributed by atoms with Crippen molar-refractivity contribution in [2.75, 3.05) is 0 Å². The number of carbonyl (C=O) groups is 1. The molecule has 2 aromatic carbocycles. The van der Waals surface area contributed by atoms with E-state index < -0.39 is 5.78 Å². The van der Waals surface area contributed by atoms with Gasteiger partial charge in [0.25, 0.3) is 0 Å². The Morgan fingerprint density at radius 3 is 2.05 bits per heavy atom. The highest BCUT2D eigenvalue weighted by atomic mass is 16.3. The first kappa shape index (κ1) is 12.7. The molecule has 0 unspecified atom stereocenters. The predicted octanol–water partition coefficient (Wildman–Crippen LogP) is 2.70. The predicted molar refractivity (Wildman–Crippen MR) is 71.2 cm³/mol. The van der Waals surface area contributed by atoms with Gasteiger partial charge in [0.1, 0.15) is 22.8 Å². The Morgan fingerprint density at radius 2 is 1.42 bits per heavy atom. The smallest absolute Gasteiger partial charge is 0.193 e. The summed E-state index contributed by atoms with van der Waals surface area (Å²) in [5, 5.41) is 28.6. The van der Waals surface area contributed by atoms with Crippen molar-refractivity contribution in [2.24, 2.45) is 0 Å². The van der Waals surface area contributed by atoms with E-state index in [-0.39, 0.29) is 22.8 Å². The first-order valence-electron chi connectivity index (χ1n) is 5.61. The number of phenols is 3. The Labute approximate surface area is 109 Å². The summed E-state index contributed by atoms with van der Waals surface area (Å²) in [5.74, 6) is -1.06. The highest BCUT2D eigenvalue weighted by Gasteiger charge is 2.13. The van der Waals surface area contributed by atoms with E-state index in [4.69, 9.17) is 0 Å². The van der Waals surface area contributed by atoms with Crippen LogP contribution in [0.3, 0.4) is 0 Å². The molecule has 0 fully saturated rings. The summed E-state index contributed by atoms with van der Waals surface area (Å²) in [6.45, 7) is 0. The van der Waals surface area contributed by atoms with Gasteiger partial charge in [-0.05, 0) is 30.4 Å². The fourth-order valence-corrected chi connectivity index (χ4v) is 1.66. The second kappa shape index (κ2) is 5.27. The van der Waals surface area contributed by atoms with Crippen molar-refractivity contribution in [3.05, 3.63) is 59.7 Å².